The zero-order valence-corrected chi connectivity index (χ0v) is 21.2. The summed E-state index contributed by atoms with van der Waals surface area (Å²) in [5, 5.41) is 3.71. The second-order valence-electron chi connectivity index (χ2n) is 8.86. The van der Waals surface area contributed by atoms with E-state index in [9.17, 15) is 4.79 Å². The summed E-state index contributed by atoms with van der Waals surface area (Å²) in [5.41, 5.74) is 1.42. The minimum Gasteiger partial charge on any atom is -0.353 e. The number of amides is 1. The molecule has 2 aliphatic heterocycles. The van der Waals surface area contributed by atoms with Crippen LogP contribution in [0.25, 0.3) is 0 Å². The van der Waals surface area contributed by atoms with Crippen LogP contribution < -0.4 is 5.32 Å². The molecule has 1 N–H and O–H groups in total. The molecule has 0 radical (unpaired) electrons. The smallest absolute Gasteiger partial charge is 0.236 e. The summed E-state index contributed by atoms with van der Waals surface area (Å²) in [7, 11) is 0. The minimum absolute atomic E-state index is 0. The van der Waals surface area contributed by atoms with E-state index in [4.69, 9.17) is 4.99 Å². The molecular weight excluding hydrogens is 501 g/mol. The van der Waals surface area contributed by atoms with E-state index in [0.717, 1.165) is 64.6 Å². The number of benzene rings is 1. The van der Waals surface area contributed by atoms with E-state index in [1.54, 1.807) is 0 Å². The number of carbonyl (C=O) groups excluding carboxylic acids is 1. The molecule has 1 amide bonds. The standard InChI is InChI=1S/C24H37N5O.HI/c1-2-25-24(26-22-18-21(22)20-10-6-5-7-11-20)29-16-14-27(15-17-29)19-23(30)28-12-8-3-4-9-13-28;/h5-7,10-11,21-22H,2-4,8-9,12-19H2,1H3,(H,25,26);1H. The SMILES string of the molecule is CCN=C(NC1CC1c1ccccc1)N1CCN(CC(=O)N2CCCCCC2)CC1.I. The van der Waals surface area contributed by atoms with Crippen LogP contribution in [0.4, 0.5) is 0 Å². The Kier molecular flexibility index (Phi) is 9.44. The van der Waals surface area contributed by atoms with Gasteiger partial charge in [0.1, 0.15) is 0 Å². The van der Waals surface area contributed by atoms with Gasteiger partial charge in [0.15, 0.2) is 5.96 Å². The lowest BCUT2D eigenvalue weighted by atomic mass is 10.1. The zero-order chi connectivity index (χ0) is 20.8. The summed E-state index contributed by atoms with van der Waals surface area (Å²) < 4.78 is 0. The molecular formula is C24H38IN5O. The van der Waals surface area contributed by atoms with Crippen LogP contribution in [0.5, 0.6) is 0 Å². The van der Waals surface area contributed by atoms with Crippen molar-refractivity contribution in [2.75, 3.05) is 52.4 Å². The second-order valence-corrected chi connectivity index (χ2v) is 8.86. The largest absolute Gasteiger partial charge is 0.353 e. The van der Waals surface area contributed by atoms with E-state index < -0.39 is 0 Å². The Bertz CT molecular complexity index is 712. The number of rotatable bonds is 5. The molecule has 1 aliphatic carbocycles. The maximum absolute atomic E-state index is 12.7. The lowest BCUT2D eigenvalue weighted by Gasteiger charge is -2.37. The van der Waals surface area contributed by atoms with Crippen LogP contribution in [0.15, 0.2) is 35.3 Å². The van der Waals surface area contributed by atoms with Gasteiger partial charge < -0.3 is 15.1 Å². The molecule has 0 aromatic heterocycles. The van der Waals surface area contributed by atoms with Crippen molar-refractivity contribution in [2.45, 2.75) is 51.0 Å². The number of nitrogens with zero attached hydrogens (tertiary/aromatic N) is 4. The van der Waals surface area contributed by atoms with Crippen LogP contribution in [0.1, 0.15) is 50.5 Å². The van der Waals surface area contributed by atoms with Crippen molar-refractivity contribution in [1.29, 1.82) is 0 Å². The molecule has 6 nitrogen and oxygen atoms in total. The molecule has 1 aromatic carbocycles. The summed E-state index contributed by atoms with van der Waals surface area (Å²) in [6.45, 7) is 9.07. The topological polar surface area (TPSA) is 51.2 Å². The highest BCUT2D eigenvalue weighted by atomic mass is 127. The molecule has 0 spiro atoms. The Balaban J connectivity index is 0.00000272. The fraction of sp³-hybridized carbons (Fsp3) is 0.667. The molecule has 172 valence electrons. The zero-order valence-electron chi connectivity index (χ0n) is 18.8. The first-order valence-corrected chi connectivity index (χ1v) is 11.9. The van der Waals surface area contributed by atoms with Crippen molar-refractivity contribution in [3.8, 4) is 0 Å². The van der Waals surface area contributed by atoms with Gasteiger partial charge in [-0.3, -0.25) is 14.7 Å². The number of carbonyl (C=O) groups is 1. The molecule has 2 atom stereocenters. The van der Waals surface area contributed by atoms with Crippen LogP contribution in [0.2, 0.25) is 0 Å². The minimum atomic E-state index is 0. The van der Waals surface area contributed by atoms with Crippen LogP contribution in [0.3, 0.4) is 0 Å². The first kappa shape index (κ1) is 24.3. The average molecular weight is 540 g/mol. The Morgan fingerprint density at radius 2 is 1.65 bits per heavy atom. The highest BCUT2D eigenvalue weighted by Crippen LogP contribution is 2.40. The van der Waals surface area contributed by atoms with Gasteiger partial charge in [0.05, 0.1) is 6.54 Å². The Hall–Kier alpha value is -1.35. The molecule has 3 fully saturated rings. The maximum Gasteiger partial charge on any atom is 0.236 e. The van der Waals surface area contributed by atoms with Crippen molar-refractivity contribution in [3.05, 3.63) is 35.9 Å². The van der Waals surface area contributed by atoms with E-state index in [1.807, 2.05) is 0 Å². The fourth-order valence-electron chi connectivity index (χ4n) is 4.70. The van der Waals surface area contributed by atoms with Gasteiger partial charge in [-0.2, -0.15) is 0 Å². The molecule has 4 rings (SSSR count). The molecule has 2 unspecified atom stereocenters. The second kappa shape index (κ2) is 12.0. The van der Waals surface area contributed by atoms with E-state index in [2.05, 4.69) is 57.3 Å². The highest BCUT2D eigenvalue weighted by Gasteiger charge is 2.39. The number of halogens is 1. The van der Waals surface area contributed by atoms with Crippen molar-refractivity contribution in [2.24, 2.45) is 4.99 Å². The molecule has 2 saturated heterocycles. The summed E-state index contributed by atoms with van der Waals surface area (Å²) >= 11 is 0. The lowest BCUT2D eigenvalue weighted by molar-refractivity contribution is -0.132. The summed E-state index contributed by atoms with van der Waals surface area (Å²) in [4.78, 5) is 24.2. The third kappa shape index (κ3) is 6.81. The number of aliphatic imine (C=N–C) groups is 1. The Labute approximate surface area is 204 Å². The number of nitrogens with one attached hydrogen (secondary N) is 1. The van der Waals surface area contributed by atoms with Gasteiger partial charge in [-0.05, 0) is 31.7 Å². The molecule has 1 saturated carbocycles. The predicted molar refractivity (Wildman–Crippen MR) is 137 cm³/mol. The number of piperazine rings is 1. The van der Waals surface area contributed by atoms with Crippen LogP contribution in [-0.2, 0) is 4.79 Å². The number of likely N-dealkylation sites (tertiary alicyclic amines) is 1. The third-order valence-electron chi connectivity index (χ3n) is 6.63. The van der Waals surface area contributed by atoms with Crippen molar-refractivity contribution >= 4 is 35.8 Å². The number of guanidine groups is 1. The first-order chi connectivity index (χ1) is 14.7. The van der Waals surface area contributed by atoms with Crippen LogP contribution >= 0.6 is 24.0 Å². The Morgan fingerprint density at radius 3 is 2.29 bits per heavy atom. The predicted octanol–water partition coefficient (Wildman–Crippen LogP) is 3.15. The van der Waals surface area contributed by atoms with Crippen LogP contribution in [-0.4, -0.2) is 85.0 Å². The maximum atomic E-state index is 12.7. The van der Waals surface area contributed by atoms with Crippen molar-refractivity contribution in [1.82, 2.24) is 20.0 Å². The summed E-state index contributed by atoms with van der Waals surface area (Å²) in [6.07, 6.45) is 6.03. The lowest BCUT2D eigenvalue weighted by Crippen LogP contribution is -2.54. The van der Waals surface area contributed by atoms with E-state index >= 15 is 0 Å². The Morgan fingerprint density at radius 1 is 0.968 bits per heavy atom. The molecule has 2 heterocycles. The van der Waals surface area contributed by atoms with Gasteiger partial charge in [0.2, 0.25) is 5.91 Å². The first-order valence-electron chi connectivity index (χ1n) is 11.9. The van der Waals surface area contributed by atoms with Gasteiger partial charge in [-0.1, -0.05) is 43.2 Å². The third-order valence-corrected chi connectivity index (χ3v) is 6.63. The van der Waals surface area contributed by atoms with E-state index in [0.29, 0.717) is 24.4 Å². The molecule has 0 bridgehead atoms. The van der Waals surface area contributed by atoms with Gasteiger partial charge in [-0.25, -0.2) is 0 Å². The van der Waals surface area contributed by atoms with Crippen molar-refractivity contribution < 1.29 is 4.79 Å². The molecule has 31 heavy (non-hydrogen) atoms. The van der Waals surface area contributed by atoms with Gasteiger partial charge >= 0.3 is 0 Å². The van der Waals surface area contributed by atoms with E-state index in [1.165, 1.54) is 24.8 Å². The van der Waals surface area contributed by atoms with Crippen molar-refractivity contribution in [3.63, 3.8) is 0 Å². The molecule has 1 aromatic rings. The van der Waals surface area contributed by atoms with Gasteiger partial charge in [-0.15, -0.1) is 24.0 Å². The fourth-order valence-corrected chi connectivity index (χ4v) is 4.70. The normalized spacial score (nSPS) is 24.9. The summed E-state index contributed by atoms with van der Waals surface area (Å²) in [5.74, 6) is 1.95. The molecule has 7 heteroatoms. The quantitative estimate of drug-likeness (QED) is 0.355. The average Bonchev–Trinajstić information content (AvgIpc) is 3.58. The summed E-state index contributed by atoms with van der Waals surface area (Å²) in [6, 6.07) is 11.3. The van der Waals surface area contributed by atoms with Gasteiger partial charge in [0.25, 0.3) is 0 Å². The van der Waals surface area contributed by atoms with Crippen LogP contribution in [0, 0.1) is 0 Å². The number of hydrogen-bond donors (Lipinski definition) is 1. The highest BCUT2D eigenvalue weighted by molar-refractivity contribution is 14.0. The van der Waals surface area contributed by atoms with Gasteiger partial charge in [0, 0.05) is 57.8 Å². The molecule has 3 aliphatic rings. The van der Waals surface area contributed by atoms with E-state index in [-0.39, 0.29) is 24.0 Å². The monoisotopic (exact) mass is 539 g/mol. The number of hydrogen-bond acceptors (Lipinski definition) is 3.